The highest BCUT2D eigenvalue weighted by Gasteiger charge is 2.51. The number of hydrogen-bond donors (Lipinski definition) is 0. The third-order valence-corrected chi connectivity index (χ3v) is 10.1. The minimum absolute atomic E-state index is 0.0290. The SMILES string of the molecule is COC(=O)[C@@H]1OC(C)(C)O[C@@H]1C(=O)C(C#N)=P(c1ccccc1)(c1ccccc1)c1ccccc1. The Morgan fingerprint density at radius 2 is 1.20 bits per heavy atom. The van der Waals surface area contributed by atoms with Crippen molar-refractivity contribution in [3.05, 3.63) is 91.0 Å². The fraction of sp³-hybridized carbons (Fsp3) is 0.214. The van der Waals surface area contributed by atoms with E-state index in [0.29, 0.717) is 0 Å². The largest absolute Gasteiger partial charge is 0.467 e. The molecule has 0 spiro atoms. The predicted molar refractivity (Wildman–Crippen MR) is 137 cm³/mol. The van der Waals surface area contributed by atoms with E-state index in [1.54, 1.807) is 13.8 Å². The van der Waals surface area contributed by atoms with Gasteiger partial charge in [0.25, 0.3) is 0 Å². The number of carbonyl (C=O) groups is 2. The quantitative estimate of drug-likeness (QED) is 0.393. The number of rotatable bonds is 6. The summed E-state index contributed by atoms with van der Waals surface area (Å²) in [6.07, 6.45) is -2.60. The summed E-state index contributed by atoms with van der Waals surface area (Å²) >= 11 is 0. The molecule has 4 rings (SSSR count). The van der Waals surface area contributed by atoms with Gasteiger partial charge in [0.05, 0.1) is 7.11 Å². The maximum atomic E-state index is 14.2. The van der Waals surface area contributed by atoms with Crippen molar-refractivity contribution in [2.45, 2.75) is 31.8 Å². The Morgan fingerprint density at radius 1 is 0.800 bits per heavy atom. The molecule has 3 aromatic rings. The van der Waals surface area contributed by atoms with Gasteiger partial charge in [0, 0.05) is 0 Å². The number of nitrogens with zero attached hydrogens (tertiary/aromatic N) is 1. The molecule has 1 saturated heterocycles. The number of Topliss-reactive ketones (excluding diaryl/α,β-unsaturated/α-hetero) is 1. The van der Waals surface area contributed by atoms with E-state index in [2.05, 4.69) is 6.07 Å². The van der Waals surface area contributed by atoms with E-state index < -0.39 is 36.6 Å². The van der Waals surface area contributed by atoms with Gasteiger partial charge in [-0.2, -0.15) is 5.26 Å². The Hall–Kier alpha value is -3.49. The van der Waals surface area contributed by atoms with Crippen LogP contribution in [0.3, 0.4) is 0 Å². The highest BCUT2D eigenvalue weighted by molar-refractivity contribution is 7.97. The lowest BCUT2D eigenvalue weighted by Crippen LogP contribution is -2.43. The van der Waals surface area contributed by atoms with Gasteiger partial charge < -0.3 is 14.2 Å². The van der Waals surface area contributed by atoms with Crippen LogP contribution >= 0.6 is 6.89 Å². The van der Waals surface area contributed by atoms with Gasteiger partial charge in [0.2, 0.25) is 5.78 Å². The van der Waals surface area contributed by atoms with E-state index >= 15 is 0 Å². The molecule has 1 aliphatic heterocycles. The summed E-state index contributed by atoms with van der Waals surface area (Å²) in [5.41, 5.74) is 0. The number of ether oxygens (including phenoxy) is 3. The number of methoxy groups -OCH3 is 1. The molecule has 0 aromatic heterocycles. The van der Waals surface area contributed by atoms with Crippen LogP contribution in [-0.2, 0) is 23.8 Å². The molecule has 0 unspecified atom stereocenters. The van der Waals surface area contributed by atoms with Crippen LogP contribution < -0.4 is 15.9 Å². The zero-order valence-electron chi connectivity index (χ0n) is 19.8. The van der Waals surface area contributed by atoms with Crippen molar-refractivity contribution in [3.8, 4) is 6.07 Å². The lowest BCUT2D eigenvalue weighted by molar-refractivity contribution is -0.168. The highest BCUT2D eigenvalue weighted by Crippen LogP contribution is 2.47. The monoisotopic (exact) mass is 487 g/mol. The Morgan fingerprint density at radius 3 is 1.57 bits per heavy atom. The molecule has 0 saturated carbocycles. The minimum atomic E-state index is -2.96. The minimum Gasteiger partial charge on any atom is -0.467 e. The summed E-state index contributed by atoms with van der Waals surface area (Å²) in [6, 6.07) is 30.9. The lowest BCUT2D eigenvalue weighted by Gasteiger charge is -2.30. The zero-order valence-corrected chi connectivity index (χ0v) is 20.6. The average Bonchev–Trinajstić information content (AvgIpc) is 3.23. The van der Waals surface area contributed by atoms with Crippen molar-refractivity contribution in [2.24, 2.45) is 0 Å². The second-order valence-corrected chi connectivity index (χ2v) is 11.8. The first-order chi connectivity index (χ1) is 16.8. The summed E-state index contributed by atoms with van der Waals surface area (Å²) in [5.74, 6) is -2.51. The molecule has 0 N–H and O–H groups in total. The molecule has 0 aliphatic carbocycles. The van der Waals surface area contributed by atoms with Gasteiger partial charge in [0.1, 0.15) is 11.4 Å². The first kappa shape index (κ1) is 24.6. The van der Waals surface area contributed by atoms with Crippen molar-refractivity contribution in [2.75, 3.05) is 7.11 Å². The van der Waals surface area contributed by atoms with Gasteiger partial charge in [0.15, 0.2) is 18.0 Å². The predicted octanol–water partition coefficient (Wildman–Crippen LogP) is 2.94. The molecule has 7 heteroatoms. The molecule has 2 atom stereocenters. The van der Waals surface area contributed by atoms with E-state index in [9.17, 15) is 14.9 Å². The smallest absolute Gasteiger partial charge is 0.338 e. The van der Waals surface area contributed by atoms with Gasteiger partial charge in [-0.3, -0.25) is 4.79 Å². The van der Waals surface area contributed by atoms with E-state index in [4.69, 9.17) is 14.2 Å². The van der Waals surface area contributed by atoms with Gasteiger partial charge in [-0.1, -0.05) is 91.0 Å². The molecular formula is C28H26NO5P. The summed E-state index contributed by atoms with van der Waals surface area (Å²) in [6.45, 7) is 0.282. The number of hydrogen-bond acceptors (Lipinski definition) is 6. The maximum absolute atomic E-state index is 14.2. The molecule has 0 amide bonds. The second kappa shape index (κ2) is 10.0. The van der Waals surface area contributed by atoms with Crippen molar-refractivity contribution < 1.29 is 23.8 Å². The van der Waals surface area contributed by atoms with E-state index in [-0.39, 0.29) is 5.29 Å². The number of carbonyl (C=O) groups excluding carboxylic acids is 2. The maximum Gasteiger partial charge on any atom is 0.338 e. The molecule has 0 bridgehead atoms. The summed E-state index contributed by atoms with van der Waals surface area (Å²) in [7, 11) is 1.22. The summed E-state index contributed by atoms with van der Waals surface area (Å²) < 4.78 is 16.5. The topological polar surface area (TPSA) is 85.6 Å². The van der Waals surface area contributed by atoms with Gasteiger partial charge >= 0.3 is 5.97 Å². The molecule has 1 heterocycles. The number of nitriles is 1. The summed E-state index contributed by atoms with van der Waals surface area (Å²) in [5, 5.41) is 13.2. The molecule has 1 aliphatic rings. The van der Waals surface area contributed by atoms with Gasteiger partial charge in [-0.25, -0.2) is 4.79 Å². The van der Waals surface area contributed by atoms with Crippen LogP contribution in [0.2, 0.25) is 0 Å². The fourth-order valence-corrected chi connectivity index (χ4v) is 8.60. The average molecular weight is 487 g/mol. The Bertz CT molecular complexity index is 1210. The molecule has 178 valence electrons. The van der Waals surface area contributed by atoms with Gasteiger partial charge in [-0.15, -0.1) is 0 Å². The number of ketones is 1. The Kier molecular flexibility index (Phi) is 7.05. The van der Waals surface area contributed by atoms with E-state index in [0.717, 1.165) is 15.9 Å². The van der Waals surface area contributed by atoms with Crippen LogP contribution in [0.1, 0.15) is 13.8 Å². The van der Waals surface area contributed by atoms with Crippen molar-refractivity contribution in [1.82, 2.24) is 0 Å². The first-order valence-corrected chi connectivity index (χ1v) is 12.9. The molecule has 6 nitrogen and oxygen atoms in total. The van der Waals surface area contributed by atoms with E-state index in [1.807, 2.05) is 91.0 Å². The molecule has 0 radical (unpaired) electrons. The highest BCUT2D eigenvalue weighted by atomic mass is 31.2. The van der Waals surface area contributed by atoms with Crippen molar-refractivity contribution in [3.63, 3.8) is 0 Å². The molecular weight excluding hydrogens is 461 g/mol. The fourth-order valence-electron chi connectivity index (χ4n) is 4.46. The van der Waals surface area contributed by atoms with E-state index in [1.165, 1.54) is 7.11 Å². The Balaban J connectivity index is 2.10. The van der Waals surface area contributed by atoms with Crippen LogP contribution in [0.5, 0.6) is 0 Å². The molecule has 3 aromatic carbocycles. The van der Waals surface area contributed by atoms with Crippen LogP contribution in [0.15, 0.2) is 91.0 Å². The van der Waals surface area contributed by atoms with Crippen LogP contribution in [-0.4, -0.2) is 42.2 Å². The molecule has 35 heavy (non-hydrogen) atoms. The van der Waals surface area contributed by atoms with Crippen LogP contribution in [0, 0.1) is 11.3 Å². The van der Waals surface area contributed by atoms with Crippen LogP contribution in [0.25, 0.3) is 0 Å². The number of esters is 1. The van der Waals surface area contributed by atoms with Crippen LogP contribution in [0.4, 0.5) is 0 Å². The van der Waals surface area contributed by atoms with Crippen molar-refractivity contribution in [1.29, 1.82) is 5.26 Å². The third kappa shape index (κ3) is 4.47. The molecule has 1 fully saturated rings. The third-order valence-electron chi connectivity index (χ3n) is 5.89. The van der Waals surface area contributed by atoms with Crippen molar-refractivity contribution >= 4 is 39.8 Å². The lowest BCUT2D eigenvalue weighted by atomic mass is 10.1. The zero-order chi connectivity index (χ0) is 25.1. The Labute approximate surface area is 205 Å². The summed E-state index contributed by atoms with van der Waals surface area (Å²) in [4.78, 5) is 26.7. The second-order valence-electron chi connectivity index (χ2n) is 8.50. The van der Waals surface area contributed by atoms with Gasteiger partial charge in [-0.05, 0) is 36.6 Å². The number of benzene rings is 3. The standard InChI is InChI=1S/C28H26NO5P/c1-28(2)33-25(26(34-28)27(31)32-3)24(30)23(19-29)35(20-13-7-4-8-14-20,21-15-9-5-10-16-21)22-17-11-6-12-18-22/h4-18,25-26H,1-3H3/t25-,26-/m1/s1. The normalized spacial score (nSPS) is 18.9. The first-order valence-electron chi connectivity index (χ1n) is 11.2.